The summed E-state index contributed by atoms with van der Waals surface area (Å²) in [6, 6.07) is 8.59. The van der Waals surface area contributed by atoms with E-state index in [1.165, 1.54) is 36.8 Å². The molecular formula is C17H24N2O. The van der Waals surface area contributed by atoms with Crippen molar-refractivity contribution in [3.63, 3.8) is 0 Å². The van der Waals surface area contributed by atoms with E-state index in [1.807, 2.05) is 12.1 Å². The highest BCUT2D eigenvalue weighted by Crippen LogP contribution is 2.29. The second-order valence-corrected chi connectivity index (χ2v) is 6.22. The van der Waals surface area contributed by atoms with Crippen molar-refractivity contribution in [2.24, 2.45) is 5.92 Å². The monoisotopic (exact) mass is 272 g/mol. The number of nitrogens with one attached hydrogen (secondary N) is 2. The highest BCUT2D eigenvalue weighted by molar-refractivity contribution is 5.84. The first-order valence-electron chi connectivity index (χ1n) is 7.84. The molecule has 1 saturated carbocycles. The quantitative estimate of drug-likeness (QED) is 0.888. The van der Waals surface area contributed by atoms with Crippen LogP contribution in [0.5, 0.6) is 0 Å². The third-order valence-electron chi connectivity index (χ3n) is 4.89. The Kier molecular flexibility index (Phi) is 4.06. The maximum Gasteiger partial charge on any atom is 0.229 e. The van der Waals surface area contributed by atoms with Crippen LogP contribution in [0, 0.1) is 5.92 Å². The third kappa shape index (κ3) is 2.73. The van der Waals surface area contributed by atoms with Crippen molar-refractivity contribution in [2.45, 2.75) is 51.1 Å². The summed E-state index contributed by atoms with van der Waals surface area (Å²) < 4.78 is 0. The molecule has 0 bridgehead atoms. The van der Waals surface area contributed by atoms with Gasteiger partial charge in [-0.15, -0.1) is 0 Å². The van der Waals surface area contributed by atoms with Crippen molar-refractivity contribution in [1.82, 2.24) is 10.6 Å². The maximum absolute atomic E-state index is 12.6. The van der Waals surface area contributed by atoms with Crippen LogP contribution < -0.4 is 10.6 Å². The number of hydrogen-bond donors (Lipinski definition) is 2. The largest absolute Gasteiger partial charge is 0.353 e. The average Bonchev–Trinajstić information content (AvgIpc) is 3.01. The Bertz CT molecular complexity index is 480. The van der Waals surface area contributed by atoms with Gasteiger partial charge in [-0.2, -0.15) is 0 Å². The smallest absolute Gasteiger partial charge is 0.229 e. The van der Waals surface area contributed by atoms with Crippen molar-refractivity contribution in [3.05, 3.63) is 35.4 Å². The summed E-state index contributed by atoms with van der Waals surface area (Å²) >= 11 is 0. The van der Waals surface area contributed by atoms with Crippen molar-refractivity contribution in [1.29, 1.82) is 0 Å². The highest BCUT2D eigenvalue weighted by atomic mass is 16.2. The van der Waals surface area contributed by atoms with Gasteiger partial charge in [-0.05, 0) is 36.8 Å². The Hall–Kier alpha value is -1.35. The number of amides is 1. The van der Waals surface area contributed by atoms with Gasteiger partial charge in [0.05, 0.1) is 5.92 Å². The predicted molar refractivity (Wildman–Crippen MR) is 80.5 cm³/mol. The molecule has 2 atom stereocenters. The zero-order valence-electron chi connectivity index (χ0n) is 12.2. The molecule has 20 heavy (non-hydrogen) atoms. The highest BCUT2D eigenvalue weighted by Gasteiger charge is 2.29. The number of fused-ring (bicyclic) bond motifs is 1. The summed E-state index contributed by atoms with van der Waals surface area (Å²) in [7, 11) is 0. The van der Waals surface area contributed by atoms with Crippen LogP contribution in [-0.2, 0) is 11.3 Å². The lowest BCUT2D eigenvalue weighted by atomic mass is 9.89. The van der Waals surface area contributed by atoms with E-state index < -0.39 is 0 Å². The van der Waals surface area contributed by atoms with Crippen molar-refractivity contribution < 1.29 is 4.79 Å². The summed E-state index contributed by atoms with van der Waals surface area (Å²) in [5.74, 6) is 0.818. The molecular weight excluding hydrogens is 248 g/mol. The number of carbonyl (C=O) groups excluding carboxylic acids is 1. The van der Waals surface area contributed by atoms with Gasteiger partial charge in [-0.1, -0.05) is 37.1 Å². The van der Waals surface area contributed by atoms with Crippen LogP contribution in [0.4, 0.5) is 0 Å². The molecule has 0 aromatic heterocycles. The Morgan fingerprint density at radius 3 is 2.85 bits per heavy atom. The average molecular weight is 272 g/mol. The Morgan fingerprint density at radius 2 is 2.05 bits per heavy atom. The van der Waals surface area contributed by atoms with Crippen LogP contribution in [-0.4, -0.2) is 18.5 Å². The van der Waals surface area contributed by atoms with E-state index in [4.69, 9.17) is 0 Å². The standard InChI is InChI=1S/C17H24N2O/c1-12(13-6-2-3-7-13)19-17(20)16-11-18-10-14-8-4-5-9-15(14)16/h4-5,8-9,12-13,16,18H,2-3,6-7,10-11H2,1H3,(H,19,20). The minimum Gasteiger partial charge on any atom is -0.353 e. The molecule has 1 heterocycles. The summed E-state index contributed by atoms with van der Waals surface area (Å²) in [5.41, 5.74) is 2.45. The van der Waals surface area contributed by atoms with Crippen LogP contribution in [0.25, 0.3) is 0 Å². The van der Waals surface area contributed by atoms with Crippen LogP contribution in [0.15, 0.2) is 24.3 Å². The molecule has 2 aliphatic rings. The van der Waals surface area contributed by atoms with Crippen LogP contribution in [0.3, 0.4) is 0 Å². The van der Waals surface area contributed by atoms with Crippen LogP contribution in [0.2, 0.25) is 0 Å². The lowest BCUT2D eigenvalue weighted by molar-refractivity contribution is -0.123. The molecule has 3 heteroatoms. The van der Waals surface area contributed by atoms with E-state index in [0.717, 1.165) is 13.1 Å². The lowest BCUT2D eigenvalue weighted by Gasteiger charge is -2.28. The molecule has 2 unspecified atom stereocenters. The molecule has 1 fully saturated rings. The fourth-order valence-corrected chi connectivity index (χ4v) is 3.63. The van der Waals surface area contributed by atoms with Gasteiger partial charge in [0.15, 0.2) is 0 Å². The predicted octanol–water partition coefficient (Wildman–Crippen LogP) is 2.57. The molecule has 1 aromatic rings. The number of rotatable bonds is 3. The molecule has 0 saturated heterocycles. The first-order chi connectivity index (χ1) is 9.75. The number of benzene rings is 1. The van der Waals surface area contributed by atoms with Gasteiger partial charge in [0.2, 0.25) is 5.91 Å². The van der Waals surface area contributed by atoms with Crippen molar-refractivity contribution >= 4 is 5.91 Å². The van der Waals surface area contributed by atoms with Crippen LogP contribution in [0.1, 0.15) is 49.7 Å². The molecule has 3 rings (SSSR count). The van der Waals surface area contributed by atoms with E-state index in [1.54, 1.807) is 0 Å². The van der Waals surface area contributed by atoms with Gasteiger partial charge < -0.3 is 10.6 Å². The van der Waals surface area contributed by atoms with Gasteiger partial charge in [0.25, 0.3) is 0 Å². The molecule has 2 N–H and O–H groups in total. The van der Waals surface area contributed by atoms with E-state index in [0.29, 0.717) is 12.0 Å². The van der Waals surface area contributed by atoms with E-state index in [-0.39, 0.29) is 11.8 Å². The summed E-state index contributed by atoms with van der Waals surface area (Å²) in [4.78, 5) is 12.6. The van der Waals surface area contributed by atoms with Crippen molar-refractivity contribution in [2.75, 3.05) is 6.54 Å². The Labute approximate surface area is 121 Å². The molecule has 1 amide bonds. The first-order valence-corrected chi connectivity index (χ1v) is 7.84. The summed E-state index contributed by atoms with van der Waals surface area (Å²) in [6.07, 6.45) is 5.17. The first kappa shape index (κ1) is 13.6. The zero-order valence-corrected chi connectivity index (χ0v) is 12.2. The molecule has 1 aromatic carbocycles. The molecule has 0 spiro atoms. The Balaban J connectivity index is 1.68. The fraction of sp³-hybridized carbons (Fsp3) is 0.588. The third-order valence-corrected chi connectivity index (χ3v) is 4.89. The van der Waals surface area contributed by atoms with Gasteiger partial charge in [0, 0.05) is 19.1 Å². The van der Waals surface area contributed by atoms with E-state index in [2.05, 4.69) is 29.7 Å². The van der Waals surface area contributed by atoms with Crippen molar-refractivity contribution in [3.8, 4) is 0 Å². The number of hydrogen-bond acceptors (Lipinski definition) is 2. The van der Waals surface area contributed by atoms with Crippen LogP contribution >= 0.6 is 0 Å². The zero-order chi connectivity index (χ0) is 13.9. The molecule has 0 radical (unpaired) electrons. The van der Waals surface area contributed by atoms with Gasteiger partial charge in [0.1, 0.15) is 0 Å². The summed E-state index contributed by atoms with van der Waals surface area (Å²) in [5, 5.41) is 6.61. The summed E-state index contributed by atoms with van der Waals surface area (Å²) in [6.45, 7) is 3.79. The van der Waals surface area contributed by atoms with Gasteiger partial charge >= 0.3 is 0 Å². The second-order valence-electron chi connectivity index (χ2n) is 6.22. The molecule has 108 valence electrons. The normalized spacial score (nSPS) is 24.1. The maximum atomic E-state index is 12.6. The van der Waals surface area contributed by atoms with Gasteiger partial charge in [-0.3, -0.25) is 4.79 Å². The number of carbonyl (C=O) groups is 1. The molecule has 3 nitrogen and oxygen atoms in total. The minimum atomic E-state index is -0.0381. The second kappa shape index (κ2) is 5.96. The molecule has 1 aliphatic heterocycles. The Morgan fingerprint density at radius 1 is 1.30 bits per heavy atom. The van der Waals surface area contributed by atoms with E-state index >= 15 is 0 Å². The minimum absolute atomic E-state index is 0.0381. The topological polar surface area (TPSA) is 41.1 Å². The molecule has 1 aliphatic carbocycles. The lowest BCUT2D eigenvalue weighted by Crippen LogP contribution is -2.44. The van der Waals surface area contributed by atoms with Gasteiger partial charge in [-0.25, -0.2) is 0 Å². The SMILES string of the molecule is CC(NC(=O)C1CNCc2ccccc21)C1CCCC1. The van der Waals surface area contributed by atoms with E-state index in [9.17, 15) is 4.79 Å². The fourth-order valence-electron chi connectivity index (χ4n) is 3.63.